The number of carbonyl (C=O) groups excluding carboxylic acids is 1. The van der Waals surface area contributed by atoms with Crippen molar-refractivity contribution < 1.29 is 14.3 Å². The minimum Gasteiger partial charge on any atom is -0.497 e. The Morgan fingerprint density at radius 2 is 1.85 bits per heavy atom. The largest absolute Gasteiger partial charge is 0.497 e. The number of hydrazone groups is 1. The van der Waals surface area contributed by atoms with Crippen LogP contribution in [0.5, 0.6) is 11.5 Å². The summed E-state index contributed by atoms with van der Waals surface area (Å²) in [4.78, 5) is 11.9. The molecule has 26 heavy (non-hydrogen) atoms. The second-order valence-corrected chi connectivity index (χ2v) is 6.33. The second kappa shape index (κ2) is 8.49. The Balaban J connectivity index is 1.55. The van der Waals surface area contributed by atoms with Gasteiger partial charge >= 0.3 is 0 Å². The van der Waals surface area contributed by atoms with Gasteiger partial charge in [-0.15, -0.1) is 0 Å². The molecule has 0 saturated carbocycles. The number of halogens is 1. The first-order valence-electron chi connectivity index (χ1n) is 7.93. The third kappa shape index (κ3) is 4.61. The van der Waals surface area contributed by atoms with Gasteiger partial charge in [-0.05, 0) is 41.1 Å². The molecule has 0 bridgehead atoms. The fourth-order valence-corrected chi connectivity index (χ4v) is 2.71. The lowest BCUT2D eigenvalue weighted by molar-refractivity contribution is -0.123. The van der Waals surface area contributed by atoms with Crippen LogP contribution in [0.1, 0.15) is 5.56 Å². The molecule has 3 rings (SSSR count). The highest BCUT2D eigenvalue weighted by atomic mass is 79.9. The van der Waals surface area contributed by atoms with Gasteiger partial charge in [-0.2, -0.15) is 5.10 Å². The fourth-order valence-electron chi connectivity index (χ4n) is 2.36. The van der Waals surface area contributed by atoms with E-state index in [4.69, 9.17) is 9.47 Å². The molecule has 0 aliphatic carbocycles. The Hall–Kier alpha value is -2.86. The molecule has 0 radical (unpaired) electrons. The maximum atomic E-state index is 11.9. The number of fused-ring (bicyclic) bond motifs is 1. The molecule has 0 aliphatic rings. The number of benzene rings is 3. The topological polar surface area (TPSA) is 59.9 Å². The lowest BCUT2D eigenvalue weighted by atomic mass is 10.1. The molecule has 5 nitrogen and oxygen atoms in total. The lowest BCUT2D eigenvalue weighted by Crippen LogP contribution is -2.24. The number of amides is 1. The van der Waals surface area contributed by atoms with Crippen LogP contribution < -0.4 is 14.9 Å². The summed E-state index contributed by atoms with van der Waals surface area (Å²) in [6.45, 7) is -0.116. The normalized spacial score (nSPS) is 10.8. The Morgan fingerprint density at radius 1 is 1.08 bits per heavy atom. The van der Waals surface area contributed by atoms with Gasteiger partial charge in [0.1, 0.15) is 11.5 Å². The van der Waals surface area contributed by atoms with Gasteiger partial charge in [0.15, 0.2) is 6.61 Å². The van der Waals surface area contributed by atoms with E-state index in [9.17, 15) is 4.79 Å². The summed E-state index contributed by atoms with van der Waals surface area (Å²) in [6.07, 6.45) is 1.54. The van der Waals surface area contributed by atoms with Crippen molar-refractivity contribution in [1.29, 1.82) is 0 Å². The summed E-state index contributed by atoms with van der Waals surface area (Å²) in [5.41, 5.74) is 3.24. The molecule has 0 aromatic heterocycles. The average molecular weight is 413 g/mol. The van der Waals surface area contributed by atoms with Gasteiger partial charge in [0.2, 0.25) is 0 Å². The predicted molar refractivity (Wildman–Crippen MR) is 106 cm³/mol. The quantitative estimate of drug-likeness (QED) is 0.488. The van der Waals surface area contributed by atoms with Crippen LogP contribution in [-0.4, -0.2) is 25.8 Å². The third-order valence-electron chi connectivity index (χ3n) is 3.69. The zero-order valence-electron chi connectivity index (χ0n) is 14.1. The number of nitrogens with zero attached hydrogens (tertiary/aromatic N) is 1. The van der Waals surface area contributed by atoms with Crippen molar-refractivity contribution in [2.75, 3.05) is 13.7 Å². The average Bonchev–Trinajstić information content (AvgIpc) is 2.67. The molecule has 3 aromatic rings. The molecule has 132 valence electrons. The van der Waals surface area contributed by atoms with Gasteiger partial charge in [0, 0.05) is 10.0 Å². The Labute approximate surface area is 159 Å². The van der Waals surface area contributed by atoms with Gasteiger partial charge in [-0.3, -0.25) is 4.79 Å². The first-order valence-corrected chi connectivity index (χ1v) is 8.72. The third-order valence-corrected chi connectivity index (χ3v) is 4.41. The number of nitrogens with one attached hydrogen (secondary N) is 1. The molecule has 1 amide bonds. The number of methoxy groups -OCH3 is 1. The molecule has 6 heteroatoms. The summed E-state index contributed by atoms with van der Waals surface area (Å²) >= 11 is 3.42. The lowest BCUT2D eigenvalue weighted by Gasteiger charge is -2.06. The van der Waals surface area contributed by atoms with Crippen LogP contribution in [0.2, 0.25) is 0 Å². The second-order valence-electron chi connectivity index (χ2n) is 5.48. The number of rotatable bonds is 6. The molecule has 0 atom stereocenters. The molecule has 0 spiro atoms. The molecular weight excluding hydrogens is 396 g/mol. The van der Waals surface area contributed by atoms with E-state index in [1.54, 1.807) is 13.3 Å². The predicted octanol–water partition coefficient (Wildman–Crippen LogP) is 4.14. The van der Waals surface area contributed by atoms with Crippen molar-refractivity contribution in [3.63, 3.8) is 0 Å². The number of carbonyl (C=O) groups is 1. The molecule has 1 N–H and O–H groups in total. The number of hydrogen-bond acceptors (Lipinski definition) is 4. The summed E-state index contributed by atoms with van der Waals surface area (Å²) in [6, 6.07) is 19.2. The van der Waals surface area contributed by atoms with Crippen molar-refractivity contribution >= 4 is 38.8 Å². The molecular formula is C20H17BrN2O3. The highest BCUT2D eigenvalue weighted by molar-refractivity contribution is 9.10. The molecule has 0 fully saturated rings. The van der Waals surface area contributed by atoms with Crippen LogP contribution in [0.25, 0.3) is 10.8 Å². The van der Waals surface area contributed by atoms with Crippen molar-refractivity contribution in [2.24, 2.45) is 5.10 Å². The van der Waals surface area contributed by atoms with E-state index in [1.165, 1.54) is 0 Å². The first-order chi connectivity index (χ1) is 12.7. The summed E-state index contributed by atoms with van der Waals surface area (Å²) in [5.74, 6) is 1.01. The van der Waals surface area contributed by atoms with E-state index in [2.05, 4.69) is 26.5 Å². The van der Waals surface area contributed by atoms with Crippen LogP contribution in [0.3, 0.4) is 0 Å². The molecule has 0 heterocycles. The van der Waals surface area contributed by atoms with E-state index in [-0.39, 0.29) is 12.5 Å². The van der Waals surface area contributed by atoms with E-state index in [0.717, 1.165) is 20.8 Å². The molecule has 0 saturated heterocycles. The number of ether oxygens (including phenoxy) is 2. The summed E-state index contributed by atoms with van der Waals surface area (Å²) < 4.78 is 11.5. The van der Waals surface area contributed by atoms with E-state index >= 15 is 0 Å². The van der Waals surface area contributed by atoms with Crippen LogP contribution in [0.15, 0.2) is 70.2 Å². The zero-order valence-corrected chi connectivity index (χ0v) is 15.7. The minimum absolute atomic E-state index is 0.116. The maximum absolute atomic E-state index is 11.9. The van der Waals surface area contributed by atoms with Crippen LogP contribution >= 0.6 is 15.9 Å². The van der Waals surface area contributed by atoms with Crippen molar-refractivity contribution in [1.82, 2.24) is 5.43 Å². The highest BCUT2D eigenvalue weighted by Gasteiger charge is 2.03. The van der Waals surface area contributed by atoms with Gasteiger partial charge in [-0.1, -0.05) is 46.3 Å². The zero-order chi connectivity index (χ0) is 18.4. The Kier molecular flexibility index (Phi) is 5.86. The van der Waals surface area contributed by atoms with Crippen molar-refractivity contribution in [3.8, 4) is 11.5 Å². The monoisotopic (exact) mass is 412 g/mol. The van der Waals surface area contributed by atoms with Crippen molar-refractivity contribution in [3.05, 3.63) is 70.7 Å². The molecule has 0 unspecified atom stereocenters. The molecule has 0 aliphatic heterocycles. The number of hydrogen-bond donors (Lipinski definition) is 1. The van der Waals surface area contributed by atoms with E-state index in [0.29, 0.717) is 11.5 Å². The summed E-state index contributed by atoms with van der Waals surface area (Å²) in [7, 11) is 1.59. The molecule has 3 aromatic carbocycles. The van der Waals surface area contributed by atoms with Crippen LogP contribution in [-0.2, 0) is 4.79 Å². The summed E-state index contributed by atoms with van der Waals surface area (Å²) in [5, 5.41) is 6.13. The smallest absolute Gasteiger partial charge is 0.277 e. The van der Waals surface area contributed by atoms with Crippen LogP contribution in [0, 0.1) is 0 Å². The van der Waals surface area contributed by atoms with Gasteiger partial charge in [0.25, 0.3) is 5.91 Å². The Morgan fingerprint density at radius 3 is 2.65 bits per heavy atom. The van der Waals surface area contributed by atoms with Gasteiger partial charge in [-0.25, -0.2) is 5.43 Å². The van der Waals surface area contributed by atoms with E-state index in [1.807, 2.05) is 60.7 Å². The van der Waals surface area contributed by atoms with Gasteiger partial charge < -0.3 is 9.47 Å². The maximum Gasteiger partial charge on any atom is 0.277 e. The fraction of sp³-hybridized carbons (Fsp3) is 0.100. The highest BCUT2D eigenvalue weighted by Crippen LogP contribution is 2.21. The van der Waals surface area contributed by atoms with Crippen molar-refractivity contribution in [2.45, 2.75) is 0 Å². The van der Waals surface area contributed by atoms with E-state index < -0.39 is 0 Å². The standard InChI is InChI=1S/C20H17BrN2O3/c1-25-17-8-9-19(21)16(11-17)12-22-23-20(24)13-26-18-7-6-14-4-2-3-5-15(14)10-18/h2-12H,13H2,1H3,(H,23,24)/b22-12+. The SMILES string of the molecule is COc1ccc(Br)c(/C=N/NC(=O)COc2ccc3ccccc3c2)c1. The Bertz CT molecular complexity index is 957. The first kappa shape index (κ1) is 17.9. The van der Waals surface area contributed by atoms with Crippen LogP contribution in [0.4, 0.5) is 0 Å². The minimum atomic E-state index is -0.339. The van der Waals surface area contributed by atoms with Gasteiger partial charge in [0.05, 0.1) is 13.3 Å².